The summed E-state index contributed by atoms with van der Waals surface area (Å²) in [5.41, 5.74) is 3.49. The van der Waals surface area contributed by atoms with Crippen LogP contribution in [0.3, 0.4) is 0 Å². The molecule has 0 fully saturated rings. The van der Waals surface area contributed by atoms with Crippen LogP contribution in [0, 0.1) is 5.92 Å². The number of hydrogen-bond acceptors (Lipinski definition) is 1. The molecule has 112 valence electrons. The molecule has 0 saturated carbocycles. The van der Waals surface area contributed by atoms with Gasteiger partial charge in [-0.05, 0) is 35.6 Å². The lowest BCUT2D eigenvalue weighted by molar-refractivity contribution is 0.424. The summed E-state index contributed by atoms with van der Waals surface area (Å²) in [6.07, 6.45) is 5.65. The van der Waals surface area contributed by atoms with Gasteiger partial charge in [0.15, 0.2) is 0 Å². The molecular formula is C18H14BrCl2N. The summed E-state index contributed by atoms with van der Waals surface area (Å²) in [6.45, 7) is 0. The SMILES string of the molecule is Clc1ccc2c(c1Cl)N[C@H](c1ccccc1Br)[C@@H]1CC=C[C@H]21. The number of nitrogens with one attached hydrogen (secondary N) is 1. The second kappa shape index (κ2) is 5.59. The van der Waals surface area contributed by atoms with Crippen molar-refractivity contribution in [3.05, 3.63) is 74.2 Å². The molecule has 0 aromatic heterocycles. The molecule has 0 amide bonds. The molecule has 0 unspecified atom stereocenters. The normalized spacial score (nSPS) is 25.5. The maximum atomic E-state index is 6.46. The van der Waals surface area contributed by atoms with E-state index in [1.54, 1.807) is 0 Å². The average molecular weight is 395 g/mol. The fourth-order valence-electron chi connectivity index (χ4n) is 3.64. The van der Waals surface area contributed by atoms with Gasteiger partial charge >= 0.3 is 0 Å². The molecule has 0 bridgehead atoms. The molecule has 2 aliphatic rings. The molecule has 1 aliphatic heterocycles. The number of rotatable bonds is 1. The molecule has 1 N–H and O–H groups in total. The maximum absolute atomic E-state index is 6.46. The minimum Gasteiger partial charge on any atom is -0.376 e. The Hall–Kier alpha value is -0.960. The number of fused-ring (bicyclic) bond motifs is 3. The van der Waals surface area contributed by atoms with Gasteiger partial charge in [0.25, 0.3) is 0 Å². The van der Waals surface area contributed by atoms with Crippen LogP contribution in [0.4, 0.5) is 5.69 Å². The first-order chi connectivity index (χ1) is 10.7. The van der Waals surface area contributed by atoms with Crippen molar-refractivity contribution < 1.29 is 0 Å². The van der Waals surface area contributed by atoms with Crippen LogP contribution in [0.15, 0.2) is 53.0 Å². The second-order valence-corrected chi connectivity index (χ2v) is 7.46. The smallest absolute Gasteiger partial charge is 0.0826 e. The van der Waals surface area contributed by atoms with Crippen molar-refractivity contribution in [3.63, 3.8) is 0 Å². The van der Waals surface area contributed by atoms with Crippen LogP contribution in [-0.2, 0) is 0 Å². The Morgan fingerprint density at radius 1 is 1.05 bits per heavy atom. The quantitative estimate of drug-likeness (QED) is 0.538. The Morgan fingerprint density at radius 3 is 2.68 bits per heavy atom. The van der Waals surface area contributed by atoms with Crippen LogP contribution >= 0.6 is 39.1 Å². The van der Waals surface area contributed by atoms with Gasteiger partial charge in [0.05, 0.1) is 21.8 Å². The van der Waals surface area contributed by atoms with Crippen molar-refractivity contribution in [3.8, 4) is 0 Å². The first-order valence-electron chi connectivity index (χ1n) is 7.32. The molecule has 1 aliphatic carbocycles. The van der Waals surface area contributed by atoms with E-state index in [9.17, 15) is 0 Å². The van der Waals surface area contributed by atoms with Crippen LogP contribution in [-0.4, -0.2) is 0 Å². The molecular weight excluding hydrogens is 381 g/mol. The lowest BCUT2D eigenvalue weighted by Crippen LogP contribution is -2.29. The van der Waals surface area contributed by atoms with Gasteiger partial charge in [-0.2, -0.15) is 0 Å². The topological polar surface area (TPSA) is 12.0 Å². The van der Waals surface area contributed by atoms with Crippen molar-refractivity contribution in [2.75, 3.05) is 5.32 Å². The highest BCUT2D eigenvalue weighted by Gasteiger charge is 2.39. The molecule has 22 heavy (non-hydrogen) atoms. The monoisotopic (exact) mass is 393 g/mol. The lowest BCUT2D eigenvalue weighted by atomic mass is 9.77. The summed E-state index contributed by atoms with van der Waals surface area (Å²) in [7, 11) is 0. The zero-order valence-electron chi connectivity index (χ0n) is 11.7. The molecule has 1 heterocycles. The van der Waals surface area contributed by atoms with Crippen molar-refractivity contribution in [1.82, 2.24) is 0 Å². The fourth-order valence-corrected chi connectivity index (χ4v) is 4.55. The Balaban J connectivity index is 1.87. The largest absolute Gasteiger partial charge is 0.376 e. The van der Waals surface area contributed by atoms with Gasteiger partial charge in [-0.15, -0.1) is 0 Å². The molecule has 0 saturated heterocycles. The van der Waals surface area contributed by atoms with E-state index < -0.39 is 0 Å². The van der Waals surface area contributed by atoms with Gasteiger partial charge < -0.3 is 5.32 Å². The zero-order chi connectivity index (χ0) is 15.3. The third-order valence-electron chi connectivity index (χ3n) is 4.67. The molecule has 0 radical (unpaired) electrons. The highest BCUT2D eigenvalue weighted by atomic mass is 79.9. The van der Waals surface area contributed by atoms with Gasteiger partial charge in [-0.1, -0.05) is 75.5 Å². The third-order valence-corrected chi connectivity index (χ3v) is 6.19. The summed E-state index contributed by atoms with van der Waals surface area (Å²) in [6, 6.07) is 12.6. The second-order valence-electron chi connectivity index (χ2n) is 5.82. The summed E-state index contributed by atoms with van der Waals surface area (Å²) in [4.78, 5) is 0. The van der Waals surface area contributed by atoms with E-state index in [2.05, 4.69) is 57.7 Å². The van der Waals surface area contributed by atoms with Gasteiger partial charge in [0, 0.05) is 10.4 Å². The van der Waals surface area contributed by atoms with Crippen LogP contribution in [0.25, 0.3) is 0 Å². The van der Waals surface area contributed by atoms with E-state index in [4.69, 9.17) is 23.2 Å². The van der Waals surface area contributed by atoms with E-state index in [-0.39, 0.29) is 6.04 Å². The first kappa shape index (κ1) is 14.6. The molecule has 2 aromatic carbocycles. The summed E-state index contributed by atoms with van der Waals surface area (Å²) < 4.78 is 1.12. The van der Waals surface area contributed by atoms with E-state index in [0.717, 1.165) is 16.6 Å². The van der Waals surface area contributed by atoms with Gasteiger partial charge in [-0.3, -0.25) is 0 Å². The van der Waals surface area contributed by atoms with Crippen LogP contribution in [0.5, 0.6) is 0 Å². The summed E-state index contributed by atoms with van der Waals surface area (Å²) >= 11 is 16.4. The van der Waals surface area contributed by atoms with E-state index in [1.807, 2.05) is 12.1 Å². The van der Waals surface area contributed by atoms with Gasteiger partial charge in [0.2, 0.25) is 0 Å². The molecule has 3 atom stereocenters. The fraction of sp³-hybridized carbons (Fsp3) is 0.222. The van der Waals surface area contributed by atoms with E-state index in [1.165, 1.54) is 11.1 Å². The zero-order valence-corrected chi connectivity index (χ0v) is 14.8. The Bertz CT molecular complexity index is 772. The lowest BCUT2D eigenvalue weighted by Gasteiger charge is -2.38. The highest BCUT2D eigenvalue weighted by molar-refractivity contribution is 9.10. The van der Waals surface area contributed by atoms with E-state index >= 15 is 0 Å². The first-order valence-corrected chi connectivity index (χ1v) is 8.87. The molecule has 1 nitrogen and oxygen atoms in total. The molecule has 4 heteroatoms. The van der Waals surface area contributed by atoms with Crippen molar-refractivity contribution >= 4 is 44.8 Å². The van der Waals surface area contributed by atoms with Crippen LogP contribution in [0.1, 0.15) is 29.5 Å². The predicted octanol–water partition coefficient (Wildman–Crippen LogP) is 6.58. The van der Waals surface area contributed by atoms with Crippen LogP contribution < -0.4 is 5.32 Å². The van der Waals surface area contributed by atoms with Gasteiger partial charge in [0.1, 0.15) is 0 Å². The number of benzene rings is 2. The summed E-state index contributed by atoms with van der Waals surface area (Å²) in [5.74, 6) is 0.895. The minimum absolute atomic E-state index is 0.221. The Kier molecular flexibility index (Phi) is 3.72. The molecule has 0 spiro atoms. The number of halogens is 3. The van der Waals surface area contributed by atoms with Crippen molar-refractivity contribution in [2.45, 2.75) is 18.4 Å². The predicted molar refractivity (Wildman–Crippen MR) is 97.0 cm³/mol. The Morgan fingerprint density at radius 2 is 1.86 bits per heavy atom. The molecule has 2 aromatic rings. The number of hydrogen-bond donors (Lipinski definition) is 1. The number of allylic oxidation sites excluding steroid dienone is 2. The minimum atomic E-state index is 0.221. The van der Waals surface area contributed by atoms with Gasteiger partial charge in [-0.25, -0.2) is 0 Å². The average Bonchev–Trinajstić information content (AvgIpc) is 3.00. The van der Waals surface area contributed by atoms with Crippen LogP contribution in [0.2, 0.25) is 10.0 Å². The van der Waals surface area contributed by atoms with Crippen molar-refractivity contribution in [1.29, 1.82) is 0 Å². The maximum Gasteiger partial charge on any atom is 0.0826 e. The molecule has 4 rings (SSSR count). The highest BCUT2D eigenvalue weighted by Crippen LogP contribution is 2.53. The van der Waals surface area contributed by atoms with E-state index in [0.29, 0.717) is 21.9 Å². The number of anilines is 1. The Labute approximate surface area is 148 Å². The standard InChI is InChI=1S/C18H14BrCl2N/c19-14-7-2-1-4-13(14)17-11-6-3-5-10(11)12-8-9-15(20)16(21)18(12)22-17/h1-5,7-11,17,22H,6H2/t10-,11+,17-/m0/s1. The van der Waals surface area contributed by atoms with Crippen molar-refractivity contribution in [2.24, 2.45) is 5.92 Å². The third kappa shape index (κ3) is 2.20. The summed E-state index contributed by atoms with van der Waals surface area (Å²) in [5, 5.41) is 4.87.